The molecule has 2 aromatic carbocycles. The van der Waals surface area contributed by atoms with Crippen LogP contribution in [0.25, 0.3) is 11.1 Å². The quantitative estimate of drug-likeness (QED) is 0.902. The summed E-state index contributed by atoms with van der Waals surface area (Å²) in [6.45, 7) is 1.29. The Kier molecular flexibility index (Phi) is 4.99. The molecule has 0 unspecified atom stereocenters. The fourth-order valence-corrected chi connectivity index (χ4v) is 3.32. The Morgan fingerprint density at radius 2 is 2.00 bits per heavy atom. The third-order valence-electron chi connectivity index (χ3n) is 4.72. The first-order valence-electron chi connectivity index (χ1n) is 8.22. The molecule has 0 bridgehead atoms. The third-order valence-corrected chi connectivity index (χ3v) is 4.72. The van der Waals surface area contributed by atoms with E-state index in [1.807, 2.05) is 7.05 Å². The van der Waals surface area contributed by atoms with Crippen LogP contribution in [0.1, 0.15) is 12.8 Å². The fraction of sp³-hybridized carbons (Fsp3) is 0.316. The molecule has 0 aliphatic carbocycles. The summed E-state index contributed by atoms with van der Waals surface area (Å²) >= 11 is 0. The van der Waals surface area contributed by atoms with E-state index in [1.54, 1.807) is 24.3 Å². The molecule has 4 nitrogen and oxygen atoms in total. The molecule has 1 heterocycles. The summed E-state index contributed by atoms with van der Waals surface area (Å²) in [4.78, 5) is 15.3. The second-order valence-electron chi connectivity index (χ2n) is 6.32. The van der Waals surface area contributed by atoms with Gasteiger partial charge in [0.05, 0.1) is 5.69 Å². The molecule has 2 aromatic rings. The molecule has 1 N–H and O–H groups in total. The summed E-state index contributed by atoms with van der Waals surface area (Å²) in [6.07, 6.45) is 0.919. The summed E-state index contributed by atoms with van der Waals surface area (Å²) < 4.78 is 26.9. The molecule has 1 fully saturated rings. The monoisotopic (exact) mass is 346 g/mol. The zero-order chi connectivity index (χ0) is 18.0. The lowest BCUT2D eigenvalue weighted by molar-refractivity contribution is 0.198. The second kappa shape index (κ2) is 7.19. The lowest BCUT2D eigenvalue weighted by Crippen LogP contribution is -2.41. The minimum absolute atomic E-state index is 0.147. The standard InChI is InChI=1S/C19H20F2N2O2/c1-22-10-4-5-14(22)12-23(19(24)25)18-7-3-2-6-15(18)13-8-9-16(20)17(21)11-13/h2-3,6-9,11,14H,4-5,10,12H2,1H3,(H,24,25)/t14-/m0/s1. The highest BCUT2D eigenvalue weighted by Gasteiger charge is 2.27. The van der Waals surface area contributed by atoms with Gasteiger partial charge in [-0.25, -0.2) is 13.6 Å². The van der Waals surface area contributed by atoms with Crippen LogP contribution in [0.4, 0.5) is 19.3 Å². The number of hydrogen-bond donors (Lipinski definition) is 1. The minimum atomic E-state index is -1.06. The van der Waals surface area contributed by atoms with Crippen molar-refractivity contribution in [3.05, 3.63) is 54.1 Å². The molecular formula is C19H20F2N2O2. The van der Waals surface area contributed by atoms with Crippen molar-refractivity contribution in [1.82, 2.24) is 4.90 Å². The largest absolute Gasteiger partial charge is 0.465 e. The van der Waals surface area contributed by atoms with E-state index in [2.05, 4.69) is 4.90 Å². The first-order chi connectivity index (χ1) is 12.0. The summed E-state index contributed by atoms with van der Waals surface area (Å²) in [6, 6.07) is 10.7. The molecule has 0 spiro atoms. The molecule has 1 aliphatic rings. The molecule has 3 rings (SSSR count). The molecule has 132 valence electrons. The van der Waals surface area contributed by atoms with Crippen LogP contribution < -0.4 is 4.90 Å². The first kappa shape index (κ1) is 17.4. The molecule has 1 atom stereocenters. The highest BCUT2D eigenvalue weighted by Crippen LogP contribution is 2.32. The number of halogens is 2. The van der Waals surface area contributed by atoms with Crippen molar-refractivity contribution < 1.29 is 18.7 Å². The Labute approximate surface area is 145 Å². The van der Waals surface area contributed by atoms with Crippen molar-refractivity contribution in [2.45, 2.75) is 18.9 Å². The number of carbonyl (C=O) groups is 1. The van der Waals surface area contributed by atoms with Gasteiger partial charge in [-0.2, -0.15) is 0 Å². The number of amides is 1. The number of carboxylic acid groups (broad SMARTS) is 1. The number of para-hydroxylation sites is 1. The van der Waals surface area contributed by atoms with Crippen LogP contribution in [0.3, 0.4) is 0 Å². The van der Waals surface area contributed by atoms with Crippen molar-refractivity contribution in [3.8, 4) is 11.1 Å². The van der Waals surface area contributed by atoms with E-state index in [1.165, 1.54) is 11.0 Å². The van der Waals surface area contributed by atoms with Gasteiger partial charge in [-0.3, -0.25) is 4.90 Å². The van der Waals surface area contributed by atoms with Gasteiger partial charge < -0.3 is 10.0 Å². The Morgan fingerprint density at radius 3 is 2.64 bits per heavy atom. The zero-order valence-electron chi connectivity index (χ0n) is 14.0. The summed E-state index contributed by atoms with van der Waals surface area (Å²) in [5.41, 5.74) is 1.48. The number of benzene rings is 2. The van der Waals surface area contributed by atoms with E-state index >= 15 is 0 Å². The molecule has 6 heteroatoms. The van der Waals surface area contributed by atoms with Gasteiger partial charge in [-0.05, 0) is 50.2 Å². The molecular weight excluding hydrogens is 326 g/mol. The average molecular weight is 346 g/mol. The topological polar surface area (TPSA) is 43.8 Å². The number of rotatable bonds is 4. The maximum Gasteiger partial charge on any atom is 0.411 e. The lowest BCUT2D eigenvalue weighted by Gasteiger charge is -2.28. The van der Waals surface area contributed by atoms with E-state index in [0.29, 0.717) is 23.4 Å². The molecule has 1 aliphatic heterocycles. The Hall–Kier alpha value is -2.47. The van der Waals surface area contributed by atoms with Crippen molar-refractivity contribution in [1.29, 1.82) is 0 Å². The Bertz CT molecular complexity index is 782. The molecule has 0 aromatic heterocycles. The van der Waals surface area contributed by atoms with Gasteiger partial charge in [0.1, 0.15) is 0 Å². The number of likely N-dealkylation sites (tertiary alicyclic amines) is 1. The molecule has 1 saturated heterocycles. The maximum atomic E-state index is 13.6. The van der Waals surface area contributed by atoms with Crippen LogP contribution in [-0.4, -0.2) is 42.3 Å². The van der Waals surface area contributed by atoms with Crippen molar-refractivity contribution in [3.63, 3.8) is 0 Å². The van der Waals surface area contributed by atoms with E-state index in [-0.39, 0.29) is 6.04 Å². The van der Waals surface area contributed by atoms with Crippen molar-refractivity contribution >= 4 is 11.8 Å². The fourth-order valence-electron chi connectivity index (χ4n) is 3.32. The van der Waals surface area contributed by atoms with Crippen LogP contribution in [-0.2, 0) is 0 Å². The van der Waals surface area contributed by atoms with E-state index in [9.17, 15) is 18.7 Å². The number of anilines is 1. The van der Waals surface area contributed by atoms with Gasteiger partial charge in [0.15, 0.2) is 11.6 Å². The van der Waals surface area contributed by atoms with Crippen LogP contribution in [0.5, 0.6) is 0 Å². The van der Waals surface area contributed by atoms with Gasteiger partial charge in [-0.15, -0.1) is 0 Å². The van der Waals surface area contributed by atoms with Gasteiger partial charge in [0, 0.05) is 18.2 Å². The SMILES string of the molecule is CN1CCC[C@H]1CN(C(=O)O)c1ccccc1-c1ccc(F)c(F)c1. The Morgan fingerprint density at radius 1 is 1.24 bits per heavy atom. The average Bonchev–Trinajstić information content (AvgIpc) is 3.00. The van der Waals surface area contributed by atoms with Crippen LogP contribution in [0, 0.1) is 11.6 Å². The second-order valence-corrected chi connectivity index (χ2v) is 6.32. The predicted octanol–water partition coefficient (Wildman–Crippen LogP) is 4.21. The van der Waals surface area contributed by atoms with Crippen molar-refractivity contribution in [2.24, 2.45) is 0 Å². The summed E-state index contributed by atoms with van der Waals surface area (Å²) in [5, 5.41) is 9.72. The zero-order valence-corrected chi connectivity index (χ0v) is 14.0. The minimum Gasteiger partial charge on any atom is -0.465 e. The first-order valence-corrected chi connectivity index (χ1v) is 8.22. The normalized spacial score (nSPS) is 17.6. The molecule has 1 amide bonds. The van der Waals surface area contributed by atoms with Crippen LogP contribution in [0.2, 0.25) is 0 Å². The van der Waals surface area contributed by atoms with Crippen molar-refractivity contribution in [2.75, 3.05) is 25.0 Å². The number of hydrogen-bond acceptors (Lipinski definition) is 2. The smallest absolute Gasteiger partial charge is 0.411 e. The highest BCUT2D eigenvalue weighted by molar-refractivity contribution is 5.92. The summed E-state index contributed by atoms with van der Waals surface area (Å²) in [5.74, 6) is -1.88. The van der Waals surface area contributed by atoms with Gasteiger partial charge in [0.25, 0.3) is 0 Å². The van der Waals surface area contributed by atoms with Gasteiger partial charge >= 0.3 is 6.09 Å². The van der Waals surface area contributed by atoms with Gasteiger partial charge in [0.2, 0.25) is 0 Å². The van der Waals surface area contributed by atoms with E-state index in [4.69, 9.17) is 0 Å². The van der Waals surface area contributed by atoms with Crippen LogP contribution in [0.15, 0.2) is 42.5 Å². The molecule has 25 heavy (non-hydrogen) atoms. The maximum absolute atomic E-state index is 13.6. The number of likely N-dealkylation sites (N-methyl/N-ethyl adjacent to an activating group) is 1. The van der Waals surface area contributed by atoms with Gasteiger partial charge in [-0.1, -0.05) is 24.3 Å². The third kappa shape index (κ3) is 3.64. The lowest BCUT2D eigenvalue weighted by atomic mass is 10.0. The number of nitrogens with zero attached hydrogens (tertiary/aromatic N) is 2. The van der Waals surface area contributed by atoms with E-state index in [0.717, 1.165) is 31.5 Å². The summed E-state index contributed by atoms with van der Waals surface area (Å²) in [7, 11) is 1.99. The van der Waals surface area contributed by atoms with Crippen LogP contribution >= 0.6 is 0 Å². The highest BCUT2D eigenvalue weighted by atomic mass is 19.2. The molecule has 0 radical (unpaired) electrons. The Balaban J connectivity index is 1.99. The van der Waals surface area contributed by atoms with E-state index < -0.39 is 17.7 Å². The molecule has 0 saturated carbocycles. The predicted molar refractivity (Wildman–Crippen MR) is 92.8 cm³/mol.